The zero-order chi connectivity index (χ0) is 13.6. The van der Waals surface area contributed by atoms with E-state index in [0.29, 0.717) is 10.7 Å². The molecule has 0 unspecified atom stereocenters. The first-order valence-corrected chi connectivity index (χ1v) is 6.97. The Morgan fingerprint density at radius 1 is 1.33 bits per heavy atom. The van der Waals surface area contributed by atoms with E-state index in [4.69, 9.17) is 17.3 Å². The van der Waals surface area contributed by atoms with Crippen LogP contribution in [0.4, 0.5) is 11.4 Å². The third kappa shape index (κ3) is 4.73. The van der Waals surface area contributed by atoms with Crippen molar-refractivity contribution < 1.29 is 0 Å². The Morgan fingerprint density at radius 2 is 2.06 bits per heavy atom. The molecule has 0 bridgehead atoms. The summed E-state index contributed by atoms with van der Waals surface area (Å²) in [7, 11) is 0. The monoisotopic (exact) mass is 269 g/mol. The van der Waals surface area contributed by atoms with Crippen LogP contribution in [0.2, 0.25) is 5.02 Å². The third-order valence-corrected chi connectivity index (χ3v) is 3.42. The van der Waals surface area contributed by atoms with Gasteiger partial charge in [-0.3, -0.25) is 4.98 Å². The van der Waals surface area contributed by atoms with Crippen LogP contribution in [0.25, 0.3) is 0 Å². The number of nitrogens with zero attached hydrogens (tertiary/aromatic N) is 1. The first-order chi connectivity index (χ1) is 8.46. The zero-order valence-electron chi connectivity index (χ0n) is 11.6. The number of pyridine rings is 1. The van der Waals surface area contributed by atoms with Crippen LogP contribution in [-0.4, -0.2) is 11.5 Å². The number of nitrogens with two attached hydrogens (primary N) is 1. The van der Waals surface area contributed by atoms with Crippen LogP contribution in [0.15, 0.2) is 12.4 Å². The third-order valence-electron chi connectivity index (χ3n) is 3.13. The SMILES string of the molecule is CCCCCC(C)(C)CNc1c(N)cncc1Cl. The van der Waals surface area contributed by atoms with Crippen molar-refractivity contribution >= 4 is 23.0 Å². The molecule has 0 aliphatic carbocycles. The molecule has 1 heterocycles. The number of halogens is 1. The number of nitrogens with one attached hydrogen (secondary N) is 1. The quantitative estimate of drug-likeness (QED) is 0.724. The van der Waals surface area contributed by atoms with E-state index in [1.807, 2.05) is 0 Å². The minimum absolute atomic E-state index is 0.244. The molecule has 0 aliphatic heterocycles. The van der Waals surface area contributed by atoms with Gasteiger partial charge in [-0.1, -0.05) is 51.6 Å². The molecule has 0 radical (unpaired) electrons. The van der Waals surface area contributed by atoms with Crippen LogP contribution in [-0.2, 0) is 0 Å². The zero-order valence-corrected chi connectivity index (χ0v) is 12.3. The second-order valence-corrected chi connectivity index (χ2v) is 5.97. The fourth-order valence-corrected chi connectivity index (χ4v) is 2.14. The molecule has 0 fully saturated rings. The van der Waals surface area contributed by atoms with Gasteiger partial charge in [0.2, 0.25) is 0 Å². The maximum Gasteiger partial charge on any atom is 0.0841 e. The summed E-state index contributed by atoms with van der Waals surface area (Å²) in [6.07, 6.45) is 8.26. The first-order valence-electron chi connectivity index (χ1n) is 6.59. The van der Waals surface area contributed by atoms with Gasteiger partial charge in [0.25, 0.3) is 0 Å². The first kappa shape index (κ1) is 15.1. The van der Waals surface area contributed by atoms with Crippen molar-refractivity contribution in [3.63, 3.8) is 0 Å². The number of hydrogen-bond acceptors (Lipinski definition) is 3. The lowest BCUT2D eigenvalue weighted by atomic mass is 9.87. The maximum atomic E-state index is 6.08. The number of hydrogen-bond donors (Lipinski definition) is 2. The van der Waals surface area contributed by atoms with E-state index in [-0.39, 0.29) is 5.41 Å². The second-order valence-electron chi connectivity index (χ2n) is 5.56. The van der Waals surface area contributed by atoms with Gasteiger partial charge in [0, 0.05) is 12.7 Å². The highest BCUT2D eigenvalue weighted by atomic mass is 35.5. The summed E-state index contributed by atoms with van der Waals surface area (Å²) >= 11 is 6.08. The lowest BCUT2D eigenvalue weighted by molar-refractivity contribution is 0.342. The molecule has 3 N–H and O–H groups in total. The fraction of sp³-hybridized carbons (Fsp3) is 0.643. The summed E-state index contributed by atoms with van der Waals surface area (Å²) in [5.74, 6) is 0. The highest BCUT2D eigenvalue weighted by Gasteiger charge is 2.18. The minimum atomic E-state index is 0.244. The number of rotatable bonds is 7. The van der Waals surface area contributed by atoms with Gasteiger partial charge in [-0.25, -0.2) is 0 Å². The molecule has 0 amide bonds. The number of unbranched alkanes of at least 4 members (excludes halogenated alkanes) is 2. The molecule has 4 heteroatoms. The Labute approximate surface area is 115 Å². The van der Waals surface area contributed by atoms with Crippen LogP contribution in [0.3, 0.4) is 0 Å². The van der Waals surface area contributed by atoms with E-state index >= 15 is 0 Å². The Morgan fingerprint density at radius 3 is 2.67 bits per heavy atom. The summed E-state index contributed by atoms with van der Waals surface area (Å²) in [4.78, 5) is 3.95. The predicted octanol–water partition coefficient (Wildman–Crippen LogP) is 4.34. The number of nitrogen functional groups attached to an aromatic ring is 1. The van der Waals surface area contributed by atoms with Crippen molar-refractivity contribution in [3.05, 3.63) is 17.4 Å². The van der Waals surface area contributed by atoms with E-state index in [9.17, 15) is 0 Å². The largest absolute Gasteiger partial charge is 0.396 e. The van der Waals surface area contributed by atoms with Crippen molar-refractivity contribution in [2.45, 2.75) is 46.5 Å². The Kier molecular flexibility index (Phi) is 5.73. The van der Waals surface area contributed by atoms with Crippen LogP contribution in [0, 0.1) is 5.41 Å². The van der Waals surface area contributed by atoms with Crippen molar-refractivity contribution in [2.24, 2.45) is 5.41 Å². The van der Waals surface area contributed by atoms with Crippen LogP contribution < -0.4 is 11.1 Å². The Balaban J connectivity index is 2.53. The molecule has 102 valence electrons. The predicted molar refractivity (Wildman–Crippen MR) is 80.1 cm³/mol. The molecule has 0 saturated carbocycles. The normalized spacial score (nSPS) is 11.6. The highest BCUT2D eigenvalue weighted by Crippen LogP contribution is 2.30. The smallest absolute Gasteiger partial charge is 0.0841 e. The lowest BCUT2D eigenvalue weighted by Gasteiger charge is -2.26. The molecule has 0 atom stereocenters. The van der Waals surface area contributed by atoms with Gasteiger partial charge in [-0.2, -0.15) is 0 Å². The van der Waals surface area contributed by atoms with E-state index in [1.54, 1.807) is 12.4 Å². The number of aromatic nitrogens is 1. The van der Waals surface area contributed by atoms with Gasteiger partial charge < -0.3 is 11.1 Å². The van der Waals surface area contributed by atoms with Crippen LogP contribution >= 0.6 is 11.6 Å². The molecule has 3 nitrogen and oxygen atoms in total. The van der Waals surface area contributed by atoms with Gasteiger partial charge in [0.1, 0.15) is 0 Å². The van der Waals surface area contributed by atoms with Crippen molar-refractivity contribution in [3.8, 4) is 0 Å². The molecular weight excluding hydrogens is 246 g/mol. The standard InChI is InChI=1S/C14H24ClN3/c1-4-5-6-7-14(2,3)10-18-13-11(15)8-17-9-12(13)16/h8-9H,4-7,10,16H2,1-3H3,(H,17,18). The van der Waals surface area contributed by atoms with Crippen molar-refractivity contribution in [1.29, 1.82) is 0 Å². The average Bonchev–Trinajstić information content (AvgIpc) is 2.28. The molecule has 0 aromatic carbocycles. The van der Waals surface area contributed by atoms with Crippen molar-refractivity contribution in [1.82, 2.24) is 4.98 Å². The Bertz CT molecular complexity index is 357. The summed E-state index contributed by atoms with van der Waals surface area (Å²) < 4.78 is 0. The molecular formula is C14H24ClN3. The molecule has 0 saturated heterocycles. The molecule has 0 aliphatic rings. The molecule has 1 aromatic rings. The molecule has 1 aromatic heterocycles. The molecule has 0 spiro atoms. The molecule has 18 heavy (non-hydrogen) atoms. The summed E-state index contributed by atoms with van der Waals surface area (Å²) in [6, 6.07) is 0. The number of anilines is 2. The Hall–Kier alpha value is -0.960. The summed E-state index contributed by atoms with van der Waals surface area (Å²) in [5.41, 5.74) is 7.51. The highest BCUT2D eigenvalue weighted by molar-refractivity contribution is 6.33. The van der Waals surface area contributed by atoms with Gasteiger partial charge in [0.15, 0.2) is 0 Å². The van der Waals surface area contributed by atoms with E-state index in [0.717, 1.165) is 12.2 Å². The van der Waals surface area contributed by atoms with Gasteiger partial charge in [-0.15, -0.1) is 0 Å². The van der Waals surface area contributed by atoms with E-state index in [2.05, 4.69) is 31.1 Å². The van der Waals surface area contributed by atoms with Crippen LogP contribution in [0.1, 0.15) is 46.5 Å². The molecule has 1 rings (SSSR count). The van der Waals surface area contributed by atoms with Crippen molar-refractivity contribution in [2.75, 3.05) is 17.6 Å². The van der Waals surface area contributed by atoms with Gasteiger partial charge in [-0.05, 0) is 11.8 Å². The van der Waals surface area contributed by atoms with E-state index < -0.39 is 0 Å². The maximum absolute atomic E-state index is 6.08. The van der Waals surface area contributed by atoms with Crippen LogP contribution in [0.5, 0.6) is 0 Å². The summed E-state index contributed by atoms with van der Waals surface area (Å²) in [5, 5.41) is 3.93. The van der Waals surface area contributed by atoms with Gasteiger partial charge >= 0.3 is 0 Å². The van der Waals surface area contributed by atoms with Gasteiger partial charge in [0.05, 0.1) is 22.6 Å². The minimum Gasteiger partial charge on any atom is -0.396 e. The topological polar surface area (TPSA) is 50.9 Å². The average molecular weight is 270 g/mol. The lowest BCUT2D eigenvalue weighted by Crippen LogP contribution is -2.23. The summed E-state index contributed by atoms with van der Waals surface area (Å²) in [6.45, 7) is 7.62. The fourth-order valence-electron chi connectivity index (χ4n) is 1.91. The van der Waals surface area contributed by atoms with E-state index in [1.165, 1.54) is 25.7 Å². The second kappa shape index (κ2) is 6.83.